The Morgan fingerprint density at radius 1 is 0.165 bits per heavy atom. The van der Waals surface area contributed by atoms with E-state index in [1.807, 2.05) is 72.8 Å². The van der Waals surface area contributed by atoms with E-state index in [1.165, 1.54) is 115 Å². The van der Waals surface area contributed by atoms with E-state index in [0.29, 0.717) is 35.1 Å². The number of hydrogen-bond acceptors (Lipinski definition) is 7. The first-order valence-electron chi connectivity index (χ1n) is 47.2. The van der Waals surface area contributed by atoms with E-state index >= 15 is 0 Å². The van der Waals surface area contributed by atoms with Crippen LogP contribution < -0.4 is 0 Å². The van der Waals surface area contributed by atoms with Crippen LogP contribution in [0.1, 0.15) is 22.3 Å². The van der Waals surface area contributed by atoms with Gasteiger partial charge < -0.3 is 13.7 Å². The Kier molecular flexibility index (Phi) is 18.9. The molecule has 1 spiro atoms. The van der Waals surface area contributed by atoms with Crippen molar-refractivity contribution >= 4 is 109 Å². The van der Waals surface area contributed by atoms with Gasteiger partial charge in [-0.3, -0.25) is 4.57 Å². The zero-order chi connectivity index (χ0) is 91.6. The number of hydrogen-bond donors (Lipinski definition) is 0. The third kappa shape index (κ3) is 13.1. The Hall–Kier alpha value is -18.7. The summed E-state index contributed by atoms with van der Waals surface area (Å²) in [5.74, 6) is 3.84. The molecule has 27 aromatic rings. The summed E-state index contributed by atoms with van der Waals surface area (Å²) < 4.78 is 9.51. The minimum absolute atomic E-state index is 0.410. The molecule has 29 rings (SSSR count). The molecule has 11 heteroatoms. The third-order valence-electron chi connectivity index (χ3n) is 28.0. The van der Waals surface area contributed by atoms with Gasteiger partial charge in [0.1, 0.15) is 0 Å². The Balaban J connectivity index is 0.000000105. The topological polar surface area (TPSA) is 110 Å². The highest BCUT2D eigenvalue weighted by molar-refractivity contribution is 6.29. The highest BCUT2D eigenvalue weighted by atomic mass is 15.2. The maximum Gasteiger partial charge on any atom is 0.238 e. The van der Waals surface area contributed by atoms with Gasteiger partial charge in [0.15, 0.2) is 29.1 Å². The largest absolute Gasteiger partial charge is 0.309 e. The third-order valence-corrected chi connectivity index (χ3v) is 28.0. The Morgan fingerprint density at radius 3 is 1.00 bits per heavy atom. The molecule has 2 aliphatic carbocycles. The number of benzene rings is 20. The fraction of sp³-hybridized carbons (Fsp3) is 0.00781. The average molecular weight is 1770 g/mol. The van der Waals surface area contributed by atoms with E-state index in [2.05, 4.69) is 437 Å². The van der Waals surface area contributed by atoms with Crippen LogP contribution in [-0.4, -0.2) is 53.2 Å². The van der Waals surface area contributed by atoms with Crippen LogP contribution in [0.25, 0.3) is 233 Å². The van der Waals surface area contributed by atoms with Crippen LogP contribution in [0.2, 0.25) is 0 Å². The van der Waals surface area contributed by atoms with Crippen molar-refractivity contribution in [3.05, 3.63) is 514 Å². The molecule has 7 aromatic heterocycles. The highest BCUT2D eigenvalue weighted by Gasteiger charge is 2.52. The number of nitrogens with zero attached hydrogens (tertiary/aromatic N) is 11. The van der Waals surface area contributed by atoms with Gasteiger partial charge in [0.25, 0.3) is 0 Å². The molecule has 2 aliphatic rings. The van der Waals surface area contributed by atoms with E-state index in [9.17, 15) is 0 Å². The van der Waals surface area contributed by atoms with Gasteiger partial charge in [-0.15, -0.1) is 0 Å². The molecular weight excluding hydrogens is 1690 g/mol. The fourth-order valence-corrected chi connectivity index (χ4v) is 22.0. The normalized spacial score (nSPS) is 12.2. The molecule has 648 valence electrons. The summed E-state index contributed by atoms with van der Waals surface area (Å²) in [5.41, 5.74) is 31.3. The van der Waals surface area contributed by atoms with E-state index in [1.54, 1.807) is 0 Å². The van der Waals surface area contributed by atoms with Crippen LogP contribution in [0.4, 0.5) is 0 Å². The van der Waals surface area contributed by atoms with E-state index in [-0.39, 0.29) is 0 Å². The summed E-state index contributed by atoms with van der Waals surface area (Å²) in [4.78, 5) is 35.7. The summed E-state index contributed by atoms with van der Waals surface area (Å²) in [5, 5.41) is 14.7. The van der Waals surface area contributed by atoms with Gasteiger partial charge in [-0.1, -0.05) is 413 Å². The van der Waals surface area contributed by atoms with Crippen LogP contribution in [0, 0.1) is 0 Å². The van der Waals surface area contributed by atoms with Crippen molar-refractivity contribution in [2.24, 2.45) is 0 Å². The average Bonchev–Trinajstić information content (AvgIpc) is 1.51. The number of aromatic nitrogens is 11. The molecule has 0 amide bonds. The monoisotopic (exact) mass is 1770 g/mol. The van der Waals surface area contributed by atoms with Crippen molar-refractivity contribution in [3.8, 4) is 125 Å². The second kappa shape index (κ2) is 32.9. The van der Waals surface area contributed by atoms with Crippen LogP contribution in [-0.2, 0) is 5.41 Å². The molecule has 11 nitrogen and oxygen atoms in total. The van der Waals surface area contributed by atoms with Gasteiger partial charge in [-0.2, -0.15) is 9.97 Å². The van der Waals surface area contributed by atoms with Gasteiger partial charge in [0.05, 0.1) is 66.6 Å². The zero-order valence-electron chi connectivity index (χ0n) is 75.2. The minimum atomic E-state index is -0.410. The van der Waals surface area contributed by atoms with Crippen molar-refractivity contribution < 1.29 is 0 Å². The number of fused-ring (bicyclic) bond motifs is 27. The minimum Gasteiger partial charge on any atom is -0.309 e. The standard InChI is InChI=1S/C45H29N3.C43H27N5.C40H25N3/c1-4-15-31(16-5-1)39-26-34(27-40(46-39)32-17-6-2-7-18-32)48-42-25-24-30-14-10-11-21-35(30)45(42)38-28-37-36-22-12-13-23-41(36)47(43(37)29-44(38)48)33-19-8-3-9-20-33;1-4-15-29(16-5-1)41-44-42(30-17-6-2-7-18-30)46-43(45-41)48-36-23-13-12-22-33(36)34-25-26-35-38-32-21-11-10-14-28(32)24-27-37(38)47(40(35)39(34)48)31-19-8-3-9-20-31;1-3-13-26(14-4-1)37-41-38(27-15-5-2-6-16-27)43-39(42-37)28-23-24-32-31-19-9-12-22-35(31)40(36(32)25-28)33-20-10-7-17-29(33)30-18-8-11-21-34(30)40/h1-29H;1-27H;1-25H. The van der Waals surface area contributed by atoms with Crippen molar-refractivity contribution in [2.45, 2.75) is 5.41 Å². The number of rotatable bonds is 11. The molecule has 20 aromatic carbocycles. The predicted molar refractivity (Wildman–Crippen MR) is 571 cm³/mol. The number of pyridine rings is 1. The molecule has 0 unspecified atom stereocenters. The molecule has 0 N–H and O–H groups in total. The van der Waals surface area contributed by atoms with E-state index in [0.717, 1.165) is 106 Å². The maximum absolute atomic E-state index is 5.22. The molecule has 7 heterocycles. The lowest BCUT2D eigenvalue weighted by Gasteiger charge is -2.30. The van der Waals surface area contributed by atoms with Gasteiger partial charge in [-0.05, 0) is 145 Å². The maximum atomic E-state index is 5.22. The summed E-state index contributed by atoms with van der Waals surface area (Å²) in [6.07, 6.45) is 0. The van der Waals surface area contributed by atoms with Crippen molar-refractivity contribution in [1.82, 2.24) is 53.2 Å². The van der Waals surface area contributed by atoms with Crippen LogP contribution in [0.15, 0.2) is 491 Å². The molecular formula is C128H81N11. The summed E-state index contributed by atoms with van der Waals surface area (Å²) in [6.45, 7) is 0. The first kappa shape index (κ1) is 80.0. The Bertz CT molecular complexity index is 9320. The smallest absolute Gasteiger partial charge is 0.238 e. The van der Waals surface area contributed by atoms with E-state index in [4.69, 9.17) is 34.9 Å². The summed E-state index contributed by atoms with van der Waals surface area (Å²) in [7, 11) is 0. The Labute approximate surface area is 800 Å². The molecule has 0 radical (unpaired) electrons. The lowest BCUT2D eigenvalue weighted by atomic mass is 9.70. The quantitative estimate of drug-likeness (QED) is 0.127. The summed E-state index contributed by atoms with van der Waals surface area (Å²) in [6, 6.07) is 174. The van der Waals surface area contributed by atoms with Crippen molar-refractivity contribution in [1.29, 1.82) is 0 Å². The second-order valence-electron chi connectivity index (χ2n) is 35.7. The van der Waals surface area contributed by atoms with Gasteiger partial charge in [0, 0.05) is 93.4 Å². The van der Waals surface area contributed by atoms with E-state index < -0.39 is 5.41 Å². The predicted octanol–water partition coefficient (Wildman–Crippen LogP) is 31.5. The lowest BCUT2D eigenvalue weighted by molar-refractivity contribution is 0.794. The molecule has 0 aliphatic heterocycles. The molecule has 0 atom stereocenters. The van der Waals surface area contributed by atoms with Crippen molar-refractivity contribution in [3.63, 3.8) is 0 Å². The molecule has 139 heavy (non-hydrogen) atoms. The van der Waals surface area contributed by atoms with Crippen LogP contribution in [0.5, 0.6) is 0 Å². The lowest BCUT2D eigenvalue weighted by Crippen LogP contribution is -2.25. The highest BCUT2D eigenvalue weighted by Crippen LogP contribution is 2.63. The summed E-state index contributed by atoms with van der Waals surface area (Å²) >= 11 is 0. The SMILES string of the molecule is c1ccc(-c2cc(-n3c4cc5c(cc4c4c6ccccc6ccc43)c3ccccc3n5-c3ccccc3)cc(-c3ccccc3)n2)cc1.c1ccc(-c2nc(-c3ccccc3)nc(-c3ccc4c(c3)C3(c5ccccc5-c5ccccc53)c3ccccc3-4)n2)cc1.c1ccc(-c2nc(-c3ccccc3)nc(-n3c4ccccc4c4ccc5c6c7ccccc7ccc6n(-c6ccccc6)c5c43)n2)cc1. The van der Waals surface area contributed by atoms with Crippen LogP contribution in [0.3, 0.4) is 0 Å². The van der Waals surface area contributed by atoms with Gasteiger partial charge >= 0.3 is 0 Å². The molecule has 0 fully saturated rings. The first-order valence-corrected chi connectivity index (χ1v) is 47.2. The fourth-order valence-electron chi connectivity index (χ4n) is 22.0. The molecule has 0 bridgehead atoms. The first-order chi connectivity index (χ1) is 69.0. The van der Waals surface area contributed by atoms with Gasteiger partial charge in [0.2, 0.25) is 5.95 Å². The van der Waals surface area contributed by atoms with Crippen molar-refractivity contribution in [2.75, 3.05) is 0 Å². The second-order valence-corrected chi connectivity index (χ2v) is 35.7. The molecule has 0 saturated heterocycles. The zero-order valence-corrected chi connectivity index (χ0v) is 75.2. The van der Waals surface area contributed by atoms with Gasteiger partial charge in [-0.25, -0.2) is 24.9 Å². The Morgan fingerprint density at radius 2 is 0.511 bits per heavy atom. The van der Waals surface area contributed by atoms with Crippen LogP contribution >= 0.6 is 0 Å². The number of para-hydroxylation sites is 4. The molecule has 0 saturated carbocycles.